The first kappa shape index (κ1) is 13.3. The van der Waals surface area contributed by atoms with Gasteiger partial charge >= 0.3 is 0 Å². The topological polar surface area (TPSA) is 38.5 Å². The molecule has 0 saturated carbocycles. The average molecular weight is 252 g/mol. The minimum atomic E-state index is -0.193. The van der Waals surface area contributed by atoms with Gasteiger partial charge in [0.25, 0.3) is 0 Å². The summed E-state index contributed by atoms with van der Waals surface area (Å²) in [6.07, 6.45) is 2.24. The van der Waals surface area contributed by atoms with E-state index in [0.717, 1.165) is 31.5 Å². The van der Waals surface area contributed by atoms with Gasteiger partial charge in [0.05, 0.1) is 11.8 Å². The van der Waals surface area contributed by atoms with Gasteiger partial charge in [0, 0.05) is 26.2 Å². The predicted molar refractivity (Wildman–Crippen MR) is 71.2 cm³/mol. The quantitative estimate of drug-likeness (QED) is 0.898. The van der Waals surface area contributed by atoms with E-state index in [1.54, 1.807) is 13.2 Å². The standard InChI is InChI=1S/C14H21FN2O/c1-10(16)12-6-3-7-13(15)14(12)17-8-4-5-11(9-17)18-2/h3,6-7,10-11H,4-5,8-9,16H2,1-2H3/t10-,11?/m0/s1. The maximum absolute atomic E-state index is 14.1. The minimum absolute atomic E-state index is 0.168. The minimum Gasteiger partial charge on any atom is -0.380 e. The van der Waals surface area contributed by atoms with Gasteiger partial charge in [-0.1, -0.05) is 12.1 Å². The first-order valence-corrected chi connectivity index (χ1v) is 6.45. The number of piperidine rings is 1. The number of nitrogens with two attached hydrogens (primary N) is 1. The molecule has 1 heterocycles. The van der Waals surface area contributed by atoms with E-state index in [0.29, 0.717) is 5.69 Å². The molecular weight excluding hydrogens is 231 g/mol. The second-order valence-corrected chi connectivity index (χ2v) is 4.91. The lowest BCUT2D eigenvalue weighted by atomic mass is 10.0. The Morgan fingerprint density at radius 3 is 2.94 bits per heavy atom. The third-order valence-corrected chi connectivity index (χ3v) is 3.54. The van der Waals surface area contributed by atoms with E-state index in [1.807, 2.05) is 13.0 Å². The number of methoxy groups -OCH3 is 1. The summed E-state index contributed by atoms with van der Waals surface area (Å²) >= 11 is 0. The Hall–Kier alpha value is -1.13. The second kappa shape index (κ2) is 5.67. The van der Waals surface area contributed by atoms with Crippen LogP contribution in [0.2, 0.25) is 0 Å². The molecule has 2 N–H and O–H groups in total. The van der Waals surface area contributed by atoms with Crippen LogP contribution < -0.4 is 10.6 Å². The molecule has 1 aromatic rings. The smallest absolute Gasteiger partial charge is 0.146 e. The summed E-state index contributed by atoms with van der Waals surface area (Å²) in [6.45, 7) is 3.48. The summed E-state index contributed by atoms with van der Waals surface area (Å²) in [5.41, 5.74) is 7.45. The summed E-state index contributed by atoms with van der Waals surface area (Å²) in [5, 5.41) is 0. The number of rotatable bonds is 3. The number of halogens is 1. The molecule has 0 spiro atoms. The molecule has 4 heteroatoms. The van der Waals surface area contributed by atoms with Crippen LogP contribution in [-0.2, 0) is 4.74 Å². The number of anilines is 1. The van der Waals surface area contributed by atoms with Gasteiger partial charge in [-0.15, -0.1) is 0 Å². The van der Waals surface area contributed by atoms with Crippen LogP contribution in [0.4, 0.5) is 10.1 Å². The van der Waals surface area contributed by atoms with Crippen molar-refractivity contribution in [2.24, 2.45) is 5.73 Å². The number of ether oxygens (including phenoxy) is 1. The Kier molecular flexibility index (Phi) is 4.19. The zero-order valence-electron chi connectivity index (χ0n) is 11.0. The second-order valence-electron chi connectivity index (χ2n) is 4.91. The summed E-state index contributed by atoms with van der Waals surface area (Å²) in [6, 6.07) is 4.95. The zero-order chi connectivity index (χ0) is 13.1. The van der Waals surface area contributed by atoms with Crippen molar-refractivity contribution < 1.29 is 9.13 Å². The molecule has 1 fully saturated rings. The first-order valence-electron chi connectivity index (χ1n) is 6.45. The molecule has 18 heavy (non-hydrogen) atoms. The van der Waals surface area contributed by atoms with Crippen molar-refractivity contribution in [3.8, 4) is 0 Å². The van der Waals surface area contributed by atoms with E-state index in [1.165, 1.54) is 6.07 Å². The summed E-state index contributed by atoms with van der Waals surface area (Å²) in [5.74, 6) is -0.193. The van der Waals surface area contributed by atoms with Gasteiger partial charge in [-0.25, -0.2) is 4.39 Å². The Labute approximate surface area is 108 Å². The number of para-hydroxylation sites is 1. The van der Waals surface area contributed by atoms with Gasteiger partial charge < -0.3 is 15.4 Å². The molecule has 1 aromatic carbocycles. The van der Waals surface area contributed by atoms with Crippen molar-refractivity contribution in [1.82, 2.24) is 0 Å². The lowest BCUT2D eigenvalue weighted by Crippen LogP contribution is -2.40. The molecule has 0 aliphatic carbocycles. The fourth-order valence-electron chi connectivity index (χ4n) is 2.57. The molecule has 1 saturated heterocycles. The third kappa shape index (κ3) is 2.65. The maximum Gasteiger partial charge on any atom is 0.146 e. The Morgan fingerprint density at radius 1 is 1.50 bits per heavy atom. The lowest BCUT2D eigenvalue weighted by Gasteiger charge is -2.35. The highest BCUT2D eigenvalue weighted by Gasteiger charge is 2.24. The summed E-state index contributed by atoms with van der Waals surface area (Å²) in [7, 11) is 1.71. The fourth-order valence-corrected chi connectivity index (χ4v) is 2.57. The first-order chi connectivity index (χ1) is 8.63. The molecule has 1 aliphatic heterocycles. The predicted octanol–water partition coefficient (Wildman–Crippen LogP) is 2.46. The van der Waals surface area contributed by atoms with Gasteiger partial charge in [-0.2, -0.15) is 0 Å². The van der Waals surface area contributed by atoms with Gasteiger partial charge in [0.2, 0.25) is 0 Å². The molecule has 1 aliphatic rings. The highest BCUT2D eigenvalue weighted by molar-refractivity contribution is 5.56. The average Bonchev–Trinajstić information content (AvgIpc) is 2.38. The van der Waals surface area contributed by atoms with Crippen LogP contribution in [0.5, 0.6) is 0 Å². The zero-order valence-corrected chi connectivity index (χ0v) is 11.0. The van der Waals surface area contributed by atoms with Gasteiger partial charge in [-0.05, 0) is 31.4 Å². The molecule has 100 valence electrons. The third-order valence-electron chi connectivity index (χ3n) is 3.54. The van der Waals surface area contributed by atoms with Gasteiger partial charge in [-0.3, -0.25) is 0 Å². The molecule has 2 rings (SSSR count). The van der Waals surface area contributed by atoms with Crippen molar-refractivity contribution in [2.75, 3.05) is 25.1 Å². The highest BCUT2D eigenvalue weighted by Crippen LogP contribution is 2.30. The fraction of sp³-hybridized carbons (Fsp3) is 0.571. The summed E-state index contributed by atoms with van der Waals surface area (Å²) < 4.78 is 19.5. The Morgan fingerprint density at radius 2 is 2.28 bits per heavy atom. The normalized spacial score (nSPS) is 22.0. The van der Waals surface area contributed by atoms with E-state index >= 15 is 0 Å². The Balaban J connectivity index is 2.31. The van der Waals surface area contributed by atoms with Crippen LogP contribution >= 0.6 is 0 Å². The van der Waals surface area contributed by atoms with Crippen molar-refractivity contribution in [3.05, 3.63) is 29.6 Å². The van der Waals surface area contributed by atoms with Crippen molar-refractivity contribution >= 4 is 5.69 Å². The molecule has 0 aromatic heterocycles. The van der Waals surface area contributed by atoms with E-state index in [2.05, 4.69) is 4.90 Å². The van der Waals surface area contributed by atoms with E-state index in [-0.39, 0.29) is 18.0 Å². The monoisotopic (exact) mass is 252 g/mol. The van der Waals surface area contributed by atoms with Crippen LogP contribution in [-0.4, -0.2) is 26.3 Å². The molecule has 2 atom stereocenters. The number of nitrogens with zero attached hydrogens (tertiary/aromatic N) is 1. The van der Waals surface area contributed by atoms with E-state index in [4.69, 9.17) is 10.5 Å². The number of hydrogen-bond donors (Lipinski definition) is 1. The van der Waals surface area contributed by atoms with Crippen LogP contribution in [0.3, 0.4) is 0 Å². The Bertz CT molecular complexity index is 409. The molecule has 1 unspecified atom stereocenters. The molecule has 0 bridgehead atoms. The van der Waals surface area contributed by atoms with Gasteiger partial charge in [0.15, 0.2) is 0 Å². The number of benzene rings is 1. The van der Waals surface area contributed by atoms with Crippen molar-refractivity contribution in [1.29, 1.82) is 0 Å². The van der Waals surface area contributed by atoms with Gasteiger partial charge in [0.1, 0.15) is 5.82 Å². The summed E-state index contributed by atoms with van der Waals surface area (Å²) in [4.78, 5) is 2.06. The molecular formula is C14H21FN2O. The molecule has 0 amide bonds. The highest BCUT2D eigenvalue weighted by atomic mass is 19.1. The van der Waals surface area contributed by atoms with Crippen molar-refractivity contribution in [3.63, 3.8) is 0 Å². The van der Waals surface area contributed by atoms with Crippen LogP contribution in [0.15, 0.2) is 18.2 Å². The van der Waals surface area contributed by atoms with Crippen LogP contribution in [0.25, 0.3) is 0 Å². The SMILES string of the molecule is COC1CCCN(c2c(F)cccc2[C@H](C)N)C1. The van der Waals surface area contributed by atoms with E-state index < -0.39 is 0 Å². The van der Waals surface area contributed by atoms with Crippen LogP contribution in [0, 0.1) is 5.82 Å². The molecule has 3 nitrogen and oxygen atoms in total. The molecule has 0 radical (unpaired) electrons. The van der Waals surface area contributed by atoms with Crippen LogP contribution in [0.1, 0.15) is 31.4 Å². The number of hydrogen-bond acceptors (Lipinski definition) is 3. The van der Waals surface area contributed by atoms with E-state index in [9.17, 15) is 4.39 Å². The lowest BCUT2D eigenvalue weighted by molar-refractivity contribution is 0.0891. The maximum atomic E-state index is 14.1. The largest absolute Gasteiger partial charge is 0.380 e. The van der Waals surface area contributed by atoms with Crippen molar-refractivity contribution in [2.45, 2.75) is 31.9 Å².